The summed E-state index contributed by atoms with van der Waals surface area (Å²) >= 11 is 12.2. The molecule has 0 radical (unpaired) electrons. The molecule has 0 saturated heterocycles. The van der Waals surface area contributed by atoms with Gasteiger partial charge in [0.05, 0.1) is 34.1 Å². The maximum absolute atomic E-state index is 10.6. The Balaban J connectivity index is 1.62. The first-order chi connectivity index (χ1) is 14.7. The van der Waals surface area contributed by atoms with Gasteiger partial charge in [-0.15, -0.1) is 0 Å². The van der Waals surface area contributed by atoms with Crippen LogP contribution in [-0.2, 0) is 16.1 Å². The molecule has 1 aliphatic heterocycles. The second-order valence-electron chi connectivity index (χ2n) is 8.86. The average Bonchev–Trinajstić information content (AvgIpc) is 3.17. The van der Waals surface area contributed by atoms with Gasteiger partial charge in [-0.3, -0.25) is 4.90 Å². The highest BCUT2D eigenvalue weighted by atomic mass is 35.5. The fraction of sp³-hybridized carbons (Fsp3) is 0.458. The molecule has 5 nitrogen and oxygen atoms in total. The van der Waals surface area contributed by atoms with Crippen molar-refractivity contribution in [1.82, 2.24) is 4.90 Å². The first-order valence-corrected chi connectivity index (χ1v) is 11.2. The van der Waals surface area contributed by atoms with Crippen LogP contribution in [0, 0.1) is 0 Å². The van der Waals surface area contributed by atoms with Gasteiger partial charge in [-0.1, -0.05) is 64.8 Å². The Bertz CT molecular complexity index is 884. The summed E-state index contributed by atoms with van der Waals surface area (Å²) in [4.78, 5) is 7.90. The fourth-order valence-corrected chi connectivity index (χ4v) is 3.70. The van der Waals surface area contributed by atoms with Crippen molar-refractivity contribution < 1.29 is 14.7 Å². The number of halogens is 2. The summed E-state index contributed by atoms with van der Waals surface area (Å²) in [6.45, 7) is 8.05. The molecular formula is C24H30Cl2N2O3. The van der Waals surface area contributed by atoms with Crippen LogP contribution < -0.4 is 0 Å². The molecule has 2 unspecified atom stereocenters. The van der Waals surface area contributed by atoms with Crippen LogP contribution in [0.5, 0.6) is 0 Å². The highest BCUT2D eigenvalue weighted by Gasteiger charge is 2.26. The van der Waals surface area contributed by atoms with Gasteiger partial charge in [0.25, 0.3) is 0 Å². The predicted molar refractivity (Wildman–Crippen MR) is 126 cm³/mol. The monoisotopic (exact) mass is 464 g/mol. The fourth-order valence-electron chi connectivity index (χ4n) is 3.40. The van der Waals surface area contributed by atoms with Crippen LogP contribution in [0.4, 0.5) is 0 Å². The van der Waals surface area contributed by atoms with Gasteiger partial charge < -0.3 is 14.7 Å². The van der Waals surface area contributed by atoms with E-state index >= 15 is 0 Å². The van der Waals surface area contributed by atoms with Crippen LogP contribution in [0.25, 0.3) is 0 Å². The lowest BCUT2D eigenvalue weighted by molar-refractivity contribution is -0.0600. The topological polar surface area (TPSA) is 54.3 Å². The molecule has 2 aromatic carbocycles. The van der Waals surface area contributed by atoms with Gasteiger partial charge in [-0.25, -0.2) is 0 Å². The summed E-state index contributed by atoms with van der Waals surface area (Å²) in [7, 11) is 0. The molecule has 1 heterocycles. The van der Waals surface area contributed by atoms with Crippen molar-refractivity contribution in [3.63, 3.8) is 0 Å². The summed E-state index contributed by atoms with van der Waals surface area (Å²) in [5, 5.41) is 15.8. The molecule has 2 atom stereocenters. The summed E-state index contributed by atoms with van der Waals surface area (Å²) in [5.41, 5.74) is 2.64. The number of nitrogens with zero attached hydrogens (tertiary/aromatic N) is 2. The third-order valence-corrected chi connectivity index (χ3v) is 5.61. The third kappa shape index (κ3) is 7.78. The minimum Gasteiger partial charge on any atom is -0.390 e. The zero-order chi connectivity index (χ0) is 22.4. The van der Waals surface area contributed by atoms with Gasteiger partial charge in [-0.05, 0) is 38.5 Å². The Morgan fingerprint density at radius 2 is 1.90 bits per heavy atom. The highest BCUT2D eigenvalue weighted by molar-refractivity contribution is 6.42. The second-order valence-corrected chi connectivity index (χ2v) is 9.67. The van der Waals surface area contributed by atoms with Crippen molar-refractivity contribution in [3.8, 4) is 0 Å². The van der Waals surface area contributed by atoms with Gasteiger partial charge in [0, 0.05) is 31.6 Å². The van der Waals surface area contributed by atoms with Crippen LogP contribution in [0.1, 0.15) is 38.3 Å². The zero-order valence-corrected chi connectivity index (χ0v) is 19.7. The lowest BCUT2D eigenvalue weighted by atomic mass is 10.0. The van der Waals surface area contributed by atoms with Gasteiger partial charge in [-0.2, -0.15) is 0 Å². The van der Waals surface area contributed by atoms with Gasteiger partial charge in [0.1, 0.15) is 6.10 Å². The molecule has 0 aromatic heterocycles. The molecule has 0 saturated carbocycles. The number of benzene rings is 2. The summed E-state index contributed by atoms with van der Waals surface area (Å²) in [6, 6.07) is 15.7. The van der Waals surface area contributed by atoms with E-state index in [0.717, 1.165) is 11.3 Å². The van der Waals surface area contributed by atoms with Crippen molar-refractivity contribution in [2.45, 2.75) is 51.5 Å². The molecule has 7 heteroatoms. The minimum absolute atomic E-state index is 0.107. The standard InChI is InChI=1S/C24H30Cl2N2O3/c1-24(2,3)30-16-19(29)14-28(13-17-7-5-4-6-8-17)15-20-12-23(27-31-20)18-9-10-21(25)22(26)11-18/h4-11,19-20,29H,12-16H2,1-3H3. The normalized spacial score (nSPS) is 17.5. The van der Waals surface area contributed by atoms with E-state index in [1.807, 2.05) is 51.1 Å². The molecule has 0 aliphatic carbocycles. The van der Waals surface area contributed by atoms with Crippen molar-refractivity contribution >= 4 is 28.9 Å². The number of hydrogen-bond donors (Lipinski definition) is 1. The van der Waals surface area contributed by atoms with Crippen LogP contribution in [0.2, 0.25) is 10.0 Å². The predicted octanol–water partition coefficient (Wildman–Crippen LogP) is 5.16. The van der Waals surface area contributed by atoms with Crippen LogP contribution >= 0.6 is 23.2 Å². The van der Waals surface area contributed by atoms with Crippen molar-refractivity contribution in [3.05, 3.63) is 69.7 Å². The Labute approximate surface area is 194 Å². The molecule has 31 heavy (non-hydrogen) atoms. The van der Waals surface area contributed by atoms with Gasteiger partial charge in [0.2, 0.25) is 0 Å². The molecule has 0 amide bonds. The molecule has 0 spiro atoms. The van der Waals surface area contributed by atoms with Crippen molar-refractivity contribution in [1.29, 1.82) is 0 Å². The van der Waals surface area contributed by atoms with E-state index < -0.39 is 6.10 Å². The lowest BCUT2D eigenvalue weighted by Gasteiger charge is -2.28. The molecular weight excluding hydrogens is 435 g/mol. The number of rotatable bonds is 9. The molecule has 2 aromatic rings. The Hall–Kier alpha value is -1.63. The quantitative estimate of drug-likeness (QED) is 0.556. The Kier molecular flexibility index (Phi) is 8.36. The first-order valence-electron chi connectivity index (χ1n) is 10.5. The number of aliphatic hydroxyl groups excluding tert-OH is 1. The Morgan fingerprint density at radius 3 is 2.58 bits per heavy atom. The first kappa shape index (κ1) is 24.0. The summed E-state index contributed by atoms with van der Waals surface area (Å²) in [5.74, 6) is 0. The lowest BCUT2D eigenvalue weighted by Crippen LogP contribution is -2.40. The van der Waals surface area contributed by atoms with E-state index in [-0.39, 0.29) is 18.3 Å². The second kappa shape index (κ2) is 10.8. The van der Waals surface area contributed by atoms with Crippen LogP contribution in [0.3, 0.4) is 0 Å². The molecule has 0 fully saturated rings. The highest BCUT2D eigenvalue weighted by Crippen LogP contribution is 2.26. The molecule has 1 aliphatic rings. The smallest absolute Gasteiger partial charge is 0.145 e. The number of hydrogen-bond acceptors (Lipinski definition) is 5. The van der Waals surface area contributed by atoms with E-state index in [9.17, 15) is 5.11 Å². The van der Waals surface area contributed by atoms with E-state index in [1.54, 1.807) is 6.07 Å². The largest absolute Gasteiger partial charge is 0.390 e. The van der Waals surface area contributed by atoms with E-state index in [1.165, 1.54) is 5.56 Å². The van der Waals surface area contributed by atoms with Gasteiger partial charge >= 0.3 is 0 Å². The molecule has 1 N–H and O–H groups in total. The maximum atomic E-state index is 10.6. The summed E-state index contributed by atoms with van der Waals surface area (Å²) in [6.07, 6.45) is -0.0404. The number of oxime groups is 1. The third-order valence-electron chi connectivity index (χ3n) is 4.87. The van der Waals surface area contributed by atoms with Crippen LogP contribution in [0.15, 0.2) is 53.7 Å². The molecule has 3 rings (SSSR count). The van der Waals surface area contributed by atoms with Crippen LogP contribution in [-0.4, -0.2) is 53.2 Å². The Morgan fingerprint density at radius 1 is 1.16 bits per heavy atom. The summed E-state index contributed by atoms with van der Waals surface area (Å²) < 4.78 is 5.75. The number of ether oxygens (including phenoxy) is 1. The maximum Gasteiger partial charge on any atom is 0.145 e. The van der Waals surface area contributed by atoms with Crippen molar-refractivity contribution in [2.24, 2.45) is 5.16 Å². The van der Waals surface area contributed by atoms with E-state index in [4.69, 9.17) is 32.8 Å². The average molecular weight is 465 g/mol. The minimum atomic E-state index is -0.597. The molecule has 0 bridgehead atoms. The van der Waals surface area contributed by atoms with Gasteiger partial charge in [0.15, 0.2) is 0 Å². The number of aliphatic hydroxyl groups is 1. The van der Waals surface area contributed by atoms with E-state index in [0.29, 0.717) is 36.1 Å². The van der Waals surface area contributed by atoms with E-state index in [2.05, 4.69) is 22.2 Å². The van der Waals surface area contributed by atoms with Crippen molar-refractivity contribution in [2.75, 3.05) is 19.7 Å². The zero-order valence-electron chi connectivity index (χ0n) is 18.2. The molecule has 168 valence electrons. The SMILES string of the molecule is CC(C)(C)OCC(O)CN(Cc1ccccc1)CC1CC(c2ccc(Cl)c(Cl)c2)=NO1.